The van der Waals surface area contributed by atoms with Gasteiger partial charge in [-0.2, -0.15) is 8.42 Å². The van der Waals surface area contributed by atoms with Gasteiger partial charge in [0.2, 0.25) is 0 Å². The molecular formula is C26H36O4S. The minimum absolute atomic E-state index is 0.0517. The van der Waals surface area contributed by atoms with E-state index in [4.69, 9.17) is 4.18 Å². The highest BCUT2D eigenvalue weighted by Gasteiger charge is 2.63. The van der Waals surface area contributed by atoms with E-state index in [1.165, 1.54) is 32.1 Å². The van der Waals surface area contributed by atoms with Gasteiger partial charge >= 0.3 is 0 Å². The van der Waals surface area contributed by atoms with Crippen LogP contribution < -0.4 is 0 Å². The predicted octanol–water partition coefficient (Wildman–Crippen LogP) is 5.68. The van der Waals surface area contributed by atoms with E-state index < -0.39 is 16.2 Å². The van der Waals surface area contributed by atoms with E-state index in [1.807, 2.05) is 6.92 Å². The van der Waals surface area contributed by atoms with Crippen molar-refractivity contribution in [3.8, 4) is 0 Å². The predicted molar refractivity (Wildman–Crippen MR) is 120 cm³/mol. The highest BCUT2D eigenvalue weighted by molar-refractivity contribution is 7.86. The van der Waals surface area contributed by atoms with Gasteiger partial charge in [-0.1, -0.05) is 44.4 Å². The summed E-state index contributed by atoms with van der Waals surface area (Å²) in [5, 5.41) is 0. The fraction of sp³-hybridized carbons (Fsp3) is 0.731. The Bertz CT molecular complexity index is 968. The summed E-state index contributed by atoms with van der Waals surface area (Å²) in [6.07, 6.45) is 9.32. The Morgan fingerprint density at radius 1 is 0.935 bits per heavy atom. The van der Waals surface area contributed by atoms with Gasteiger partial charge < -0.3 is 0 Å². The van der Waals surface area contributed by atoms with E-state index in [-0.39, 0.29) is 28.4 Å². The monoisotopic (exact) mass is 444 g/mol. The average molecular weight is 445 g/mol. The van der Waals surface area contributed by atoms with Crippen LogP contribution in [0.1, 0.15) is 77.2 Å². The third kappa shape index (κ3) is 3.33. The van der Waals surface area contributed by atoms with Gasteiger partial charge in [0.05, 0.1) is 11.0 Å². The summed E-state index contributed by atoms with van der Waals surface area (Å²) in [5.41, 5.74) is 0.982. The number of carbonyl (C=O) groups is 1. The Hall–Kier alpha value is -1.20. The molecule has 0 aliphatic heterocycles. The van der Waals surface area contributed by atoms with Gasteiger partial charge in [-0.05, 0) is 80.8 Å². The Kier molecular flexibility index (Phi) is 5.17. The number of Topliss-reactive ketones (excluding diaryl/α,β-unsaturated/α-hetero) is 1. The van der Waals surface area contributed by atoms with Crippen LogP contribution in [0.4, 0.5) is 0 Å². The Balaban J connectivity index is 1.41. The van der Waals surface area contributed by atoms with Gasteiger partial charge in [-0.3, -0.25) is 8.98 Å². The molecule has 0 amide bonds. The van der Waals surface area contributed by atoms with Crippen molar-refractivity contribution in [2.45, 2.75) is 89.6 Å². The van der Waals surface area contributed by atoms with Crippen LogP contribution in [0.15, 0.2) is 29.2 Å². The Morgan fingerprint density at radius 2 is 1.68 bits per heavy atom. The molecule has 0 bridgehead atoms. The molecule has 0 N–H and O–H groups in total. The summed E-state index contributed by atoms with van der Waals surface area (Å²) in [5.74, 6) is 1.97. The molecule has 4 aliphatic rings. The number of benzene rings is 1. The van der Waals surface area contributed by atoms with E-state index >= 15 is 0 Å². The zero-order chi connectivity index (χ0) is 22.0. The lowest BCUT2D eigenvalue weighted by molar-refractivity contribution is -0.141. The van der Waals surface area contributed by atoms with Crippen molar-refractivity contribution in [1.82, 2.24) is 0 Å². The summed E-state index contributed by atoms with van der Waals surface area (Å²) in [4.78, 5) is 13.5. The van der Waals surface area contributed by atoms with Crippen LogP contribution in [-0.2, 0) is 19.1 Å². The molecule has 0 radical (unpaired) electrons. The van der Waals surface area contributed by atoms with Gasteiger partial charge in [-0.15, -0.1) is 0 Å². The Morgan fingerprint density at radius 3 is 2.42 bits per heavy atom. The molecule has 0 saturated heterocycles. The van der Waals surface area contributed by atoms with Gasteiger partial charge in [0.25, 0.3) is 10.1 Å². The number of carbonyl (C=O) groups excluding carboxylic acids is 1. The molecule has 0 aromatic heterocycles. The zero-order valence-electron chi connectivity index (χ0n) is 19.1. The summed E-state index contributed by atoms with van der Waals surface area (Å²) in [7, 11) is -3.89. The second kappa shape index (κ2) is 7.41. The van der Waals surface area contributed by atoms with Crippen LogP contribution in [0.25, 0.3) is 0 Å². The van der Waals surface area contributed by atoms with Crippen molar-refractivity contribution in [2.75, 3.05) is 0 Å². The lowest BCUT2D eigenvalue weighted by atomic mass is 9.45. The van der Waals surface area contributed by atoms with Gasteiger partial charge in [0.15, 0.2) is 0 Å². The van der Waals surface area contributed by atoms with Crippen molar-refractivity contribution in [3.05, 3.63) is 29.8 Å². The van der Waals surface area contributed by atoms with Crippen LogP contribution >= 0.6 is 0 Å². The number of aryl methyl sites for hydroxylation is 1. The van der Waals surface area contributed by atoms with Crippen LogP contribution in [0.5, 0.6) is 0 Å². The first-order chi connectivity index (χ1) is 14.6. The van der Waals surface area contributed by atoms with Crippen LogP contribution in [0.2, 0.25) is 0 Å². The quantitative estimate of drug-likeness (QED) is 0.563. The largest absolute Gasteiger partial charge is 0.299 e. The molecule has 1 aromatic rings. The smallest absolute Gasteiger partial charge is 0.297 e. The molecule has 4 saturated carbocycles. The number of hydrogen-bond donors (Lipinski definition) is 0. The van der Waals surface area contributed by atoms with Crippen molar-refractivity contribution < 1.29 is 17.4 Å². The lowest BCUT2D eigenvalue weighted by Crippen LogP contribution is -2.54. The fourth-order valence-corrected chi connectivity index (χ4v) is 9.27. The maximum atomic E-state index is 13.3. The maximum Gasteiger partial charge on any atom is 0.297 e. The first-order valence-electron chi connectivity index (χ1n) is 12.2. The normalized spacial score (nSPS) is 42.5. The summed E-state index contributed by atoms with van der Waals surface area (Å²) in [6.45, 7) is 6.55. The molecule has 4 nitrogen and oxygen atoms in total. The molecule has 5 rings (SSSR count). The van der Waals surface area contributed by atoms with E-state index in [1.54, 1.807) is 24.3 Å². The SMILES string of the molecule is Cc1ccc(S(=O)(=O)O[C@@H]2CC(=O)[C@@H]3[C@@H]4CC[C@H]5CCCC[C@]5(C)[C@@H]4CC[C@@]32C)cc1. The van der Waals surface area contributed by atoms with Crippen molar-refractivity contribution in [1.29, 1.82) is 0 Å². The van der Waals surface area contributed by atoms with Crippen molar-refractivity contribution in [3.63, 3.8) is 0 Å². The molecule has 31 heavy (non-hydrogen) atoms. The fourth-order valence-electron chi connectivity index (χ4n) is 8.10. The van der Waals surface area contributed by atoms with Gasteiger partial charge in [0.1, 0.15) is 5.78 Å². The molecule has 0 unspecified atom stereocenters. The molecule has 0 heterocycles. The minimum atomic E-state index is -3.89. The number of rotatable bonds is 3. The van der Waals surface area contributed by atoms with Crippen molar-refractivity contribution >= 4 is 15.9 Å². The first kappa shape index (κ1) is 21.6. The summed E-state index contributed by atoms with van der Waals surface area (Å²) < 4.78 is 31.9. The molecule has 4 fully saturated rings. The number of hydrogen-bond acceptors (Lipinski definition) is 4. The van der Waals surface area contributed by atoms with Crippen LogP contribution in [-0.4, -0.2) is 20.3 Å². The third-order valence-electron chi connectivity index (χ3n) is 9.82. The highest BCUT2D eigenvalue weighted by Crippen LogP contribution is 2.66. The second-order valence-electron chi connectivity index (χ2n) is 11.3. The Labute approximate surface area is 187 Å². The standard InChI is InChI=1S/C26H36O4S/c1-17-7-10-19(11-8-17)31(28,29)30-23-16-22(27)24-20-12-9-18-6-4-5-14-25(18,2)21(20)13-15-26(23,24)3/h7-8,10-11,18,20-21,23-24H,4-6,9,12-16H2,1-3H3/t18-,20-,21-,23-,24+,25+,26-/m1/s1. The van der Waals surface area contributed by atoms with Crippen LogP contribution in [0.3, 0.4) is 0 Å². The molecule has 170 valence electrons. The average Bonchev–Trinajstić information content (AvgIpc) is 2.97. The van der Waals surface area contributed by atoms with E-state index in [0.717, 1.165) is 30.7 Å². The molecule has 0 spiro atoms. The first-order valence-corrected chi connectivity index (χ1v) is 13.6. The van der Waals surface area contributed by atoms with E-state index in [2.05, 4.69) is 13.8 Å². The van der Waals surface area contributed by atoms with Gasteiger partial charge in [-0.25, -0.2) is 0 Å². The molecule has 1 aromatic carbocycles. The molecule has 4 aliphatic carbocycles. The van der Waals surface area contributed by atoms with E-state index in [9.17, 15) is 13.2 Å². The van der Waals surface area contributed by atoms with Gasteiger partial charge in [0, 0.05) is 17.8 Å². The topological polar surface area (TPSA) is 60.4 Å². The molecule has 5 heteroatoms. The number of fused-ring (bicyclic) bond motifs is 5. The zero-order valence-corrected chi connectivity index (χ0v) is 19.9. The maximum absolute atomic E-state index is 13.3. The molecular weight excluding hydrogens is 408 g/mol. The summed E-state index contributed by atoms with van der Waals surface area (Å²) in [6, 6.07) is 6.77. The number of ketones is 1. The summed E-state index contributed by atoms with van der Waals surface area (Å²) >= 11 is 0. The second-order valence-corrected chi connectivity index (χ2v) is 12.9. The van der Waals surface area contributed by atoms with Crippen molar-refractivity contribution in [2.24, 2.45) is 34.5 Å². The highest BCUT2D eigenvalue weighted by atomic mass is 32.2. The minimum Gasteiger partial charge on any atom is -0.299 e. The van der Waals surface area contributed by atoms with E-state index in [0.29, 0.717) is 17.3 Å². The third-order valence-corrected chi connectivity index (χ3v) is 11.2. The lowest BCUT2D eigenvalue weighted by Gasteiger charge is -2.59. The molecule has 7 atom stereocenters. The van der Waals surface area contributed by atoms with Crippen LogP contribution in [0, 0.1) is 41.4 Å².